The van der Waals surface area contributed by atoms with Crippen LogP contribution in [0.3, 0.4) is 0 Å². The van der Waals surface area contributed by atoms with Crippen LogP contribution in [0, 0.1) is 11.3 Å². The zero-order chi connectivity index (χ0) is 13.0. The van der Waals surface area contributed by atoms with Crippen LogP contribution < -0.4 is 0 Å². The maximum atomic E-state index is 9.45. The first-order chi connectivity index (χ1) is 7.69. The van der Waals surface area contributed by atoms with E-state index in [9.17, 15) is 5.11 Å². The molecule has 0 radical (unpaired) electrons. The Bertz CT molecular complexity index is 426. The van der Waals surface area contributed by atoms with E-state index < -0.39 is 0 Å². The fourth-order valence-corrected chi connectivity index (χ4v) is 3.02. The SMILES string of the molecule is Cn1cc(C2C(CO)C2(C)C)c(C(C)(C)C)n1. The molecule has 0 bridgehead atoms. The van der Waals surface area contributed by atoms with E-state index in [4.69, 9.17) is 0 Å². The molecule has 2 unspecified atom stereocenters. The second kappa shape index (κ2) is 3.58. The van der Waals surface area contributed by atoms with Gasteiger partial charge in [0.15, 0.2) is 0 Å². The third-order valence-corrected chi connectivity index (χ3v) is 4.15. The molecule has 1 heterocycles. The van der Waals surface area contributed by atoms with Crippen LogP contribution in [0.15, 0.2) is 6.20 Å². The molecule has 17 heavy (non-hydrogen) atoms. The van der Waals surface area contributed by atoms with Gasteiger partial charge in [-0.05, 0) is 22.8 Å². The second-order valence-electron chi connectivity index (χ2n) is 6.94. The summed E-state index contributed by atoms with van der Waals surface area (Å²) < 4.78 is 1.90. The van der Waals surface area contributed by atoms with Crippen molar-refractivity contribution in [3.8, 4) is 0 Å². The van der Waals surface area contributed by atoms with Crippen LogP contribution in [0.1, 0.15) is 51.8 Å². The number of aryl methyl sites for hydroxylation is 1. The molecule has 3 heteroatoms. The Morgan fingerprint density at radius 2 is 2.00 bits per heavy atom. The molecule has 1 saturated carbocycles. The fourth-order valence-electron chi connectivity index (χ4n) is 3.02. The topological polar surface area (TPSA) is 38.0 Å². The van der Waals surface area contributed by atoms with Crippen molar-refractivity contribution in [2.75, 3.05) is 6.61 Å². The predicted octanol–water partition coefficient (Wildman–Crippen LogP) is 2.45. The van der Waals surface area contributed by atoms with Crippen LogP contribution in [0.25, 0.3) is 0 Å². The van der Waals surface area contributed by atoms with Crippen molar-refractivity contribution in [3.05, 3.63) is 17.5 Å². The Hall–Kier alpha value is -0.830. The standard InChI is InChI=1S/C14H24N2O/c1-13(2,3)12-9(7-16(6)15-12)11-10(8-17)14(11,4)5/h7,10-11,17H,8H2,1-6H3. The summed E-state index contributed by atoms with van der Waals surface area (Å²) in [6, 6.07) is 0. The largest absolute Gasteiger partial charge is 0.396 e. The minimum Gasteiger partial charge on any atom is -0.396 e. The van der Waals surface area contributed by atoms with Gasteiger partial charge in [0.25, 0.3) is 0 Å². The van der Waals surface area contributed by atoms with Gasteiger partial charge in [-0.1, -0.05) is 34.6 Å². The minimum absolute atomic E-state index is 0.0648. The summed E-state index contributed by atoms with van der Waals surface area (Å²) in [5, 5.41) is 14.1. The molecule has 1 aliphatic carbocycles. The van der Waals surface area contributed by atoms with Gasteiger partial charge in [0.2, 0.25) is 0 Å². The third-order valence-electron chi connectivity index (χ3n) is 4.15. The normalized spacial score (nSPS) is 27.2. The Morgan fingerprint density at radius 3 is 2.41 bits per heavy atom. The smallest absolute Gasteiger partial charge is 0.0712 e. The number of rotatable bonds is 2. The van der Waals surface area contributed by atoms with Crippen LogP contribution in [0.2, 0.25) is 0 Å². The molecule has 0 spiro atoms. The van der Waals surface area contributed by atoms with Gasteiger partial charge in [0, 0.05) is 25.3 Å². The molecule has 2 atom stereocenters. The molecule has 1 aliphatic rings. The van der Waals surface area contributed by atoms with E-state index in [0.717, 1.165) is 0 Å². The summed E-state index contributed by atoms with van der Waals surface area (Å²) in [7, 11) is 1.97. The average molecular weight is 236 g/mol. The molecule has 0 aromatic carbocycles. The lowest BCUT2D eigenvalue weighted by Gasteiger charge is -2.18. The van der Waals surface area contributed by atoms with Crippen LogP contribution in [0.4, 0.5) is 0 Å². The molecule has 0 amide bonds. The molecule has 1 aromatic rings. The van der Waals surface area contributed by atoms with Gasteiger partial charge in [-0.25, -0.2) is 0 Å². The van der Waals surface area contributed by atoms with Gasteiger partial charge >= 0.3 is 0 Å². The number of aliphatic hydroxyl groups excluding tert-OH is 1. The summed E-state index contributed by atoms with van der Waals surface area (Å²) in [6.07, 6.45) is 2.13. The highest BCUT2D eigenvalue weighted by molar-refractivity contribution is 5.36. The quantitative estimate of drug-likeness (QED) is 0.856. The number of aromatic nitrogens is 2. The van der Waals surface area contributed by atoms with Gasteiger partial charge in [-0.2, -0.15) is 5.10 Å². The second-order valence-corrected chi connectivity index (χ2v) is 6.94. The molecule has 2 rings (SSSR count). The lowest BCUT2D eigenvalue weighted by Crippen LogP contribution is -2.15. The Balaban J connectivity index is 2.41. The van der Waals surface area contributed by atoms with Gasteiger partial charge < -0.3 is 5.11 Å². The molecule has 1 fully saturated rings. The van der Waals surface area contributed by atoms with E-state index in [1.54, 1.807) is 0 Å². The molecule has 1 aromatic heterocycles. The van der Waals surface area contributed by atoms with E-state index in [1.165, 1.54) is 11.3 Å². The Morgan fingerprint density at radius 1 is 1.41 bits per heavy atom. The van der Waals surface area contributed by atoms with E-state index in [-0.39, 0.29) is 17.4 Å². The van der Waals surface area contributed by atoms with Crippen LogP contribution in [-0.2, 0) is 12.5 Å². The van der Waals surface area contributed by atoms with Crippen molar-refractivity contribution >= 4 is 0 Å². The number of nitrogens with zero attached hydrogens (tertiary/aromatic N) is 2. The van der Waals surface area contributed by atoms with Crippen LogP contribution in [0.5, 0.6) is 0 Å². The number of aliphatic hydroxyl groups is 1. The number of hydrogen-bond donors (Lipinski definition) is 1. The molecule has 1 N–H and O–H groups in total. The summed E-state index contributed by atoms with van der Waals surface area (Å²) in [5.74, 6) is 0.836. The summed E-state index contributed by atoms with van der Waals surface area (Å²) >= 11 is 0. The zero-order valence-electron chi connectivity index (χ0n) is 11.8. The maximum absolute atomic E-state index is 9.45. The lowest BCUT2D eigenvalue weighted by molar-refractivity contribution is 0.256. The first-order valence-electron chi connectivity index (χ1n) is 6.34. The van der Waals surface area contributed by atoms with Gasteiger partial charge in [0.1, 0.15) is 0 Å². The maximum Gasteiger partial charge on any atom is 0.0712 e. The fraction of sp³-hybridized carbons (Fsp3) is 0.786. The lowest BCUT2D eigenvalue weighted by atomic mass is 9.87. The highest BCUT2D eigenvalue weighted by Crippen LogP contribution is 2.65. The van der Waals surface area contributed by atoms with Crippen molar-refractivity contribution in [2.45, 2.75) is 46.0 Å². The Labute approximate surface area is 104 Å². The van der Waals surface area contributed by atoms with Crippen molar-refractivity contribution in [1.82, 2.24) is 9.78 Å². The molecular formula is C14H24N2O. The van der Waals surface area contributed by atoms with Crippen LogP contribution in [-0.4, -0.2) is 21.5 Å². The van der Waals surface area contributed by atoms with Gasteiger partial charge in [0.05, 0.1) is 5.69 Å². The van der Waals surface area contributed by atoms with E-state index in [0.29, 0.717) is 11.8 Å². The monoisotopic (exact) mass is 236 g/mol. The summed E-state index contributed by atoms with van der Waals surface area (Å²) in [5.41, 5.74) is 2.77. The van der Waals surface area contributed by atoms with Crippen molar-refractivity contribution in [1.29, 1.82) is 0 Å². The first kappa shape index (κ1) is 12.6. The van der Waals surface area contributed by atoms with E-state index in [2.05, 4.69) is 45.9 Å². The van der Waals surface area contributed by atoms with Crippen LogP contribution >= 0.6 is 0 Å². The van der Waals surface area contributed by atoms with Gasteiger partial charge in [-0.3, -0.25) is 4.68 Å². The van der Waals surface area contributed by atoms with Crippen molar-refractivity contribution in [2.24, 2.45) is 18.4 Å². The predicted molar refractivity (Wildman–Crippen MR) is 69.0 cm³/mol. The molecule has 96 valence electrons. The van der Waals surface area contributed by atoms with E-state index in [1.807, 2.05) is 11.7 Å². The molecule has 0 aliphatic heterocycles. The van der Waals surface area contributed by atoms with E-state index >= 15 is 0 Å². The van der Waals surface area contributed by atoms with Crippen molar-refractivity contribution < 1.29 is 5.11 Å². The molecular weight excluding hydrogens is 212 g/mol. The summed E-state index contributed by atoms with van der Waals surface area (Å²) in [4.78, 5) is 0. The Kier molecular flexibility index (Phi) is 2.66. The zero-order valence-corrected chi connectivity index (χ0v) is 11.8. The third kappa shape index (κ3) is 1.90. The highest BCUT2D eigenvalue weighted by Gasteiger charge is 2.59. The van der Waals surface area contributed by atoms with Crippen molar-refractivity contribution in [3.63, 3.8) is 0 Å². The van der Waals surface area contributed by atoms with Gasteiger partial charge in [-0.15, -0.1) is 0 Å². The minimum atomic E-state index is 0.0648. The molecule has 3 nitrogen and oxygen atoms in total. The number of hydrogen-bond acceptors (Lipinski definition) is 2. The molecule has 0 saturated heterocycles. The average Bonchev–Trinajstić information content (AvgIpc) is 2.51. The summed E-state index contributed by atoms with van der Waals surface area (Å²) in [6.45, 7) is 11.3. The highest BCUT2D eigenvalue weighted by atomic mass is 16.3. The first-order valence-corrected chi connectivity index (χ1v) is 6.34.